The Balaban J connectivity index is 2.34. The van der Waals surface area contributed by atoms with E-state index in [0.717, 1.165) is 11.1 Å². The van der Waals surface area contributed by atoms with Crippen molar-refractivity contribution >= 4 is 23.9 Å². The lowest BCUT2D eigenvalue weighted by molar-refractivity contribution is -0.172. The van der Waals surface area contributed by atoms with E-state index in [1.54, 1.807) is 48.5 Å². The van der Waals surface area contributed by atoms with E-state index < -0.39 is 29.3 Å². The molecule has 196 valence electrons. The molecule has 0 saturated carbocycles. The molecule has 0 aliphatic rings. The minimum absolute atomic E-state index is 0.0586. The van der Waals surface area contributed by atoms with Crippen LogP contribution < -0.4 is 0 Å². The molecule has 8 heteroatoms. The maximum Gasteiger partial charge on any atom is 0.337 e. The average Bonchev–Trinajstić information content (AvgIpc) is 2.94. The minimum Gasteiger partial charge on any atom is -0.465 e. The van der Waals surface area contributed by atoms with Crippen LogP contribution in [0.15, 0.2) is 73.8 Å². The van der Waals surface area contributed by atoms with Crippen LogP contribution in [0.3, 0.4) is 0 Å². The summed E-state index contributed by atoms with van der Waals surface area (Å²) in [5.74, 6) is -2.34. The summed E-state index contributed by atoms with van der Waals surface area (Å²) in [6.45, 7) is 7.03. The van der Waals surface area contributed by atoms with Gasteiger partial charge >= 0.3 is 23.9 Å². The van der Waals surface area contributed by atoms with Crippen molar-refractivity contribution in [2.75, 3.05) is 27.4 Å². The molecule has 0 unspecified atom stereocenters. The quantitative estimate of drug-likeness (QED) is 0.161. The van der Waals surface area contributed by atoms with Gasteiger partial charge in [0.05, 0.1) is 25.3 Å². The van der Waals surface area contributed by atoms with Crippen molar-refractivity contribution in [3.05, 3.63) is 96.1 Å². The fraction of sp³-hybridized carbons (Fsp3) is 0.310. The third-order valence-corrected chi connectivity index (χ3v) is 5.88. The molecule has 2 aromatic carbocycles. The van der Waals surface area contributed by atoms with Crippen molar-refractivity contribution in [1.29, 1.82) is 0 Å². The summed E-state index contributed by atoms with van der Waals surface area (Å²) in [5.41, 5.74) is 0.807. The minimum atomic E-state index is -1.60. The van der Waals surface area contributed by atoms with Gasteiger partial charge in [-0.05, 0) is 61.1 Å². The molecule has 0 heterocycles. The summed E-state index contributed by atoms with van der Waals surface area (Å²) < 4.78 is 20.2. The summed E-state index contributed by atoms with van der Waals surface area (Å²) in [6.07, 6.45) is 3.75. The van der Waals surface area contributed by atoms with Crippen LogP contribution >= 0.6 is 0 Å². The van der Waals surface area contributed by atoms with Crippen LogP contribution in [0.5, 0.6) is 0 Å². The number of benzene rings is 2. The summed E-state index contributed by atoms with van der Waals surface area (Å²) in [4.78, 5) is 50.1. The zero-order valence-electron chi connectivity index (χ0n) is 21.2. The zero-order chi connectivity index (χ0) is 27.3. The van der Waals surface area contributed by atoms with Crippen molar-refractivity contribution < 1.29 is 38.1 Å². The molecule has 0 radical (unpaired) electrons. The molecular weight excluding hydrogens is 476 g/mol. The molecule has 0 aliphatic carbocycles. The highest BCUT2D eigenvalue weighted by Gasteiger charge is 2.48. The number of aryl methyl sites for hydroxylation is 2. The molecule has 0 amide bonds. The van der Waals surface area contributed by atoms with Gasteiger partial charge in [-0.3, -0.25) is 9.59 Å². The first-order chi connectivity index (χ1) is 17.8. The van der Waals surface area contributed by atoms with Gasteiger partial charge in [-0.1, -0.05) is 49.6 Å². The van der Waals surface area contributed by atoms with Crippen molar-refractivity contribution in [3.8, 4) is 0 Å². The number of carbonyl (C=O) groups excluding carboxylic acids is 4. The molecule has 0 fully saturated rings. The number of rotatable bonds is 14. The molecule has 0 aliphatic heterocycles. The highest BCUT2D eigenvalue weighted by atomic mass is 16.6. The molecule has 0 bridgehead atoms. The monoisotopic (exact) mass is 508 g/mol. The molecule has 0 aromatic heterocycles. The first kappa shape index (κ1) is 29.0. The fourth-order valence-corrected chi connectivity index (χ4v) is 3.73. The Bertz CT molecular complexity index is 1010. The van der Waals surface area contributed by atoms with Crippen molar-refractivity contribution in [2.45, 2.75) is 25.7 Å². The summed E-state index contributed by atoms with van der Waals surface area (Å²) in [5, 5.41) is 0. The van der Waals surface area contributed by atoms with Gasteiger partial charge in [0, 0.05) is 0 Å². The van der Waals surface area contributed by atoms with Crippen LogP contribution in [0.25, 0.3) is 0 Å². The Kier molecular flexibility index (Phi) is 11.3. The second-order valence-corrected chi connectivity index (χ2v) is 8.23. The molecule has 8 nitrogen and oxygen atoms in total. The maximum absolute atomic E-state index is 13.3. The lowest BCUT2D eigenvalue weighted by atomic mass is 9.77. The Morgan fingerprint density at radius 1 is 0.676 bits per heavy atom. The van der Waals surface area contributed by atoms with E-state index in [9.17, 15) is 19.2 Å². The Labute approximate surface area is 216 Å². The van der Waals surface area contributed by atoms with Gasteiger partial charge in [-0.15, -0.1) is 0 Å². The molecule has 37 heavy (non-hydrogen) atoms. The predicted octanol–water partition coefficient (Wildman–Crippen LogP) is 4.27. The van der Waals surface area contributed by atoms with E-state index in [0.29, 0.717) is 24.0 Å². The summed E-state index contributed by atoms with van der Waals surface area (Å²) >= 11 is 0. The van der Waals surface area contributed by atoms with Crippen LogP contribution in [0.2, 0.25) is 0 Å². The molecule has 0 atom stereocenters. The number of hydrogen-bond donors (Lipinski definition) is 0. The highest BCUT2D eigenvalue weighted by molar-refractivity contribution is 6.00. The van der Waals surface area contributed by atoms with Gasteiger partial charge < -0.3 is 18.9 Å². The number of carbonyl (C=O) groups is 4. The lowest BCUT2D eigenvalue weighted by Crippen LogP contribution is -2.43. The van der Waals surface area contributed by atoms with Crippen LogP contribution in [0.1, 0.15) is 44.7 Å². The number of methoxy groups -OCH3 is 2. The van der Waals surface area contributed by atoms with E-state index in [4.69, 9.17) is 18.9 Å². The van der Waals surface area contributed by atoms with Crippen molar-refractivity contribution in [1.82, 2.24) is 0 Å². The maximum atomic E-state index is 13.3. The van der Waals surface area contributed by atoms with E-state index in [1.165, 1.54) is 26.4 Å². The first-order valence-electron chi connectivity index (χ1n) is 11.7. The topological polar surface area (TPSA) is 105 Å². The second kappa shape index (κ2) is 14.4. The Hall–Kier alpha value is -4.20. The Morgan fingerprint density at radius 2 is 1.03 bits per heavy atom. The molecular formula is C29H32O8. The van der Waals surface area contributed by atoms with Gasteiger partial charge in [0.25, 0.3) is 0 Å². The standard InChI is InChI=1S/C29H32O8/c1-5-19-36-27(32)29(28(33)37-20-6-2,17-15-21-7-11-23(12-8-21)25(30)34-3)18-16-22-9-13-24(14-10-22)26(31)35-4/h5-14H,1-2,15-20H2,3-4H3. The van der Waals surface area contributed by atoms with Gasteiger partial charge in [0.1, 0.15) is 13.2 Å². The normalized spacial score (nSPS) is 10.6. The summed E-state index contributed by atoms with van der Waals surface area (Å²) in [6, 6.07) is 13.5. The Morgan fingerprint density at radius 3 is 1.32 bits per heavy atom. The molecule has 0 spiro atoms. The molecule has 2 rings (SSSR count). The first-order valence-corrected chi connectivity index (χ1v) is 11.7. The van der Waals surface area contributed by atoms with E-state index in [-0.39, 0.29) is 26.1 Å². The third kappa shape index (κ3) is 7.90. The smallest absolute Gasteiger partial charge is 0.337 e. The van der Waals surface area contributed by atoms with E-state index in [1.807, 2.05) is 0 Å². The lowest BCUT2D eigenvalue weighted by Gasteiger charge is -2.29. The third-order valence-electron chi connectivity index (χ3n) is 5.88. The fourth-order valence-electron chi connectivity index (χ4n) is 3.73. The van der Waals surface area contributed by atoms with Crippen molar-refractivity contribution in [2.24, 2.45) is 5.41 Å². The average molecular weight is 509 g/mol. The number of ether oxygens (including phenoxy) is 4. The molecule has 0 N–H and O–H groups in total. The molecule has 0 saturated heterocycles. The van der Waals surface area contributed by atoms with Gasteiger partial charge in [0.2, 0.25) is 0 Å². The zero-order valence-corrected chi connectivity index (χ0v) is 21.2. The van der Waals surface area contributed by atoms with Crippen LogP contribution in [0, 0.1) is 5.41 Å². The van der Waals surface area contributed by atoms with Gasteiger partial charge in [-0.2, -0.15) is 0 Å². The summed E-state index contributed by atoms with van der Waals surface area (Å²) in [7, 11) is 2.61. The highest BCUT2D eigenvalue weighted by Crippen LogP contribution is 2.34. The van der Waals surface area contributed by atoms with Crippen LogP contribution in [-0.2, 0) is 41.4 Å². The molecule has 2 aromatic rings. The van der Waals surface area contributed by atoms with Crippen LogP contribution in [0.4, 0.5) is 0 Å². The van der Waals surface area contributed by atoms with E-state index >= 15 is 0 Å². The SMILES string of the molecule is C=CCOC(=O)C(CCc1ccc(C(=O)OC)cc1)(CCc1ccc(C(=O)OC)cc1)C(=O)OCC=C. The van der Waals surface area contributed by atoms with E-state index in [2.05, 4.69) is 13.2 Å². The number of esters is 4. The van der Waals surface area contributed by atoms with Crippen molar-refractivity contribution in [3.63, 3.8) is 0 Å². The van der Waals surface area contributed by atoms with Gasteiger partial charge in [-0.25, -0.2) is 9.59 Å². The van der Waals surface area contributed by atoms with Gasteiger partial charge in [0.15, 0.2) is 5.41 Å². The van der Waals surface area contributed by atoms with Crippen LogP contribution in [-0.4, -0.2) is 51.3 Å². The predicted molar refractivity (Wildman–Crippen MR) is 137 cm³/mol. The largest absolute Gasteiger partial charge is 0.465 e. The number of hydrogen-bond acceptors (Lipinski definition) is 8. The second-order valence-electron chi connectivity index (χ2n) is 8.23.